The minimum atomic E-state index is -4.85. The van der Waals surface area contributed by atoms with Crippen molar-refractivity contribution in [3.63, 3.8) is 0 Å². The van der Waals surface area contributed by atoms with Crippen molar-refractivity contribution in [3.8, 4) is 0 Å². The normalized spacial score (nSPS) is 17.7. The lowest BCUT2D eigenvalue weighted by atomic mass is 9.74. The first-order valence-corrected chi connectivity index (χ1v) is 27.2. The molecule has 0 atom stereocenters. The van der Waals surface area contributed by atoms with Gasteiger partial charge in [0.1, 0.15) is 13.2 Å². The lowest BCUT2D eigenvalue weighted by Crippen LogP contribution is -2.51. The number of nitrogens with one attached hydrogen (secondary N) is 2. The molecule has 3 saturated carbocycles. The molecule has 3 fully saturated rings. The molecule has 79 heavy (non-hydrogen) atoms. The van der Waals surface area contributed by atoms with E-state index in [9.17, 15) is 60.2 Å². The minimum Gasteiger partial charge on any atom is -0.478 e. The molecule has 9 rings (SSSR count). The first-order chi connectivity index (χ1) is 37.6. The highest BCUT2D eigenvalue weighted by atomic mass is 19.4. The zero-order valence-corrected chi connectivity index (χ0v) is 44.4. The second-order valence-corrected chi connectivity index (χ2v) is 21.7. The van der Waals surface area contributed by atoms with Gasteiger partial charge < -0.3 is 39.9 Å². The number of aromatic carboxylic acids is 1. The molecule has 2 spiro atoms. The van der Waals surface area contributed by atoms with Gasteiger partial charge in [-0.15, -0.1) is 0 Å². The Morgan fingerprint density at radius 2 is 1.03 bits per heavy atom. The van der Waals surface area contributed by atoms with Crippen molar-refractivity contribution in [3.05, 3.63) is 129 Å². The number of rotatable bonds is 14. The Bertz CT molecular complexity index is 2860. The Morgan fingerprint density at radius 1 is 0.620 bits per heavy atom. The molecule has 0 bridgehead atoms. The number of hydrogen-bond donors (Lipinski definition) is 3. The van der Waals surface area contributed by atoms with Crippen molar-refractivity contribution in [2.45, 2.75) is 148 Å². The average molecular weight is 1100 g/mol. The van der Waals surface area contributed by atoms with Crippen molar-refractivity contribution < 1.29 is 69.7 Å². The summed E-state index contributed by atoms with van der Waals surface area (Å²) in [6, 6.07) is 22.0. The van der Waals surface area contributed by atoms with Crippen LogP contribution in [-0.2, 0) is 57.5 Å². The number of amides is 5. The van der Waals surface area contributed by atoms with Gasteiger partial charge in [-0.1, -0.05) is 106 Å². The van der Waals surface area contributed by atoms with Crippen molar-refractivity contribution in [1.29, 1.82) is 0 Å². The molecular weight excluding hydrogens is 1040 g/mol. The standard InChI is InChI=1S/C34H42F3N3O4.C25H25F3N2O5/c1-23(2)40(26-13-7-4-8-14-26)30(41)27-20-29-25(19-28(27)34(35,36)37)21-33(15-9-10-16-33)31(42)39(29)18-17-38-32(43)44-22-24-11-5-3-6-12-24;26-25(27,28)19-12-17-14-24(8-4-5-9-24)22(33)30(20(17)13-18(19)21(31)32)11-10-29-23(34)35-15-16-6-2-1-3-7-16/h3,5-6,11-12,19-20,23,26H,4,7-10,13-18,21-22H2,1-2H3,(H,38,43);1-3,6-7,12-13H,4-5,8-11,14-15H2,(H,29,34)(H,31,32). The van der Waals surface area contributed by atoms with E-state index in [0.717, 1.165) is 87.1 Å². The number of carboxylic acid groups (broad SMARTS) is 1. The molecule has 0 radical (unpaired) electrons. The lowest BCUT2D eigenvalue weighted by molar-refractivity contribution is -0.139. The van der Waals surface area contributed by atoms with Gasteiger partial charge in [-0.05, 0) is 112 Å². The van der Waals surface area contributed by atoms with E-state index in [0.29, 0.717) is 36.9 Å². The van der Waals surface area contributed by atoms with E-state index in [4.69, 9.17) is 9.47 Å². The summed E-state index contributed by atoms with van der Waals surface area (Å²) in [6.45, 7) is 3.85. The van der Waals surface area contributed by atoms with Crippen LogP contribution in [0.15, 0.2) is 84.9 Å². The van der Waals surface area contributed by atoms with Crippen LogP contribution in [0.3, 0.4) is 0 Å². The minimum absolute atomic E-state index is 0.0156. The number of nitrogens with zero attached hydrogens (tertiary/aromatic N) is 3. The molecule has 2 aliphatic heterocycles. The summed E-state index contributed by atoms with van der Waals surface area (Å²) in [7, 11) is 0. The van der Waals surface area contributed by atoms with Crippen molar-refractivity contribution >= 4 is 47.3 Å². The first-order valence-electron chi connectivity index (χ1n) is 27.2. The maximum Gasteiger partial charge on any atom is 0.417 e. The Hall–Kier alpha value is -7.12. The van der Waals surface area contributed by atoms with E-state index in [1.54, 1.807) is 17.0 Å². The van der Waals surface area contributed by atoms with E-state index in [1.165, 1.54) is 15.9 Å². The summed E-state index contributed by atoms with van der Waals surface area (Å²) in [5, 5.41) is 14.6. The second kappa shape index (κ2) is 24.5. The Morgan fingerprint density at radius 3 is 1.42 bits per heavy atom. The number of ether oxygens (including phenoxy) is 2. The third-order valence-electron chi connectivity index (χ3n) is 16.1. The number of hydrogen-bond acceptors (Lipinski definition) is 8. The zero-order chi connectivity index (χ0) is 56.7. The summed E-state index contributed by atoms with van der Waals surface area (Å²) >= 11 is 0. The van der Waals surface area contributed by atoms with Gasteiger partial charge in [-0.2, -0.15) is 26.3 Å². The molecule has 5 aliphatic rings. The quantitative estimate of drug-likeness (QED) is 0.104. The van der Waals surface area contributed by atoms with Crippen molar-refractivity contribution in [2.75, 3.05) is 36.0 Å². The molecule has 3 aliphatic carbocycles. The van der Waals surface area contributed by atoms with Crippen LogP contribution >= 0.6 is 0 Å². The average Bonchev–Trinajstić information content (AvgIpc) is 4.30. The predicted molar refractivity (Wildman–Crippen MR) is 281 cm³/mol. The third-order valence-corrected chi connectivity index (χ3v) is 16.1. The molecule has 20 heteroatoms. The Kier molecular flexibility index (Phi) is 18.0. The highest BCUT2D eigenvalue weighted by molar-refractivity contribution is 6.05. The smallest absolute Gasteiger partial charge is 0.417 e. The number of alkyl carbamates (subject to hydrolysis) is 2. The molecule has 4 aromatic rings. The third kappa shape index (κ3) is 13.3. The highest BCUT2D eigenvalue weighted by Crippen LogP contribution is 2.51. The molecule has 0 saturated heterocycles. The first kappa shape index (κ1) is 58.0. The number of alkyl halides is 6. The largest absolute Gasteiger partial charge is 0.478 e. The maximum absolute atomic E-state index is 14.6. The number of carbonyl (C=O) groups excluding carboxylic acids is 5. The number of carbonyl (C=O) groups is 6. The van der Waals surface area contributed by atoms with Gasteiger partial charge in [0.25, 0.3) is 5.91 Å². The molecule has 14 nitrogen and oxygen atoms in total. The lowest BCUT2D eigenvalue weighted by Gasteiger charge is -2.42. The fourth-order valence-corrected chi connectivity index (χ4v) is 12.3. The molecule has 424 valence electrons. The summed E-state index contributed by atoms with van der Waals surface area (Å²) < 4.78 is 95.1. The van der Waals surface area contributed by atoms with Gasteiger partial charge >= 0.3 is 30.5 Å². The number of benzene rings is 4. The highest BCUT2D eigenvalue weighted by Gasteiger charge is 2.51. The topological polar surface area (TPSA) is 175 Å². The summed E-state index contributed by atoms with van der Waals surface area (Å²) in [6.07, 6.45) is -0.640. The molecule has 4 aromatic carbocycles. The zero-order valence-electron chi connectivity index (χ0n) is 44.4. The second-order valence-electron chi connectivity index (χ2n) is 21.7. The van der Waals surface area contributed by atoms with Gasteiger partial charge in [0, 0.05) is 49.6 Å². The van der Waals surface area contributed by atoms with Gasteiger partial charge in [-0.25, -0.2) is 14.4 Å². The summed E-state index contributed by atoms with van der Waals surface area (Å²) in [5.41, 5.74) is -2.33. The van der Waals surface area contributed by atoms with Crippen LogP contribution in [0.5, 0.6) is 0 Å². The molecule has 2 heterocycles. The number of halogens is 6. The van der Waals surface area contributed by atoms with Gasteiger partial charge in [0.15, 0.2) is 0 Å². The molecule has 0 unspecified atom stereocenters. The van der Waals surface area contributed by atoms with Crippen LogP contribution in [0.2, 0.25) is 0 Å². The fourth-order valence-electron chi connectivity index (χ4n) is 12.3. The predicted octanol–water partition coefficient (Wildman–Crippen LogP) is 12.0. The van der Waals surface area contributed by atoms with E-state index in [1.807, 2.05) is 62.4 Å². The Labute approximate surface area is 455 Å². The number of carboxylic acids is 1. The Balaban J connectivity index is 0.000000214. The van der Waals surface area contributed by atoms with Gasteiger partial charge in [0.05, 0.1) is 33.1 Å². The van der Waals surface area contributed by atoms with Crippen LogP contribution in [0.1, 0.15) is 151 Å². The molecule has 0 aromatic heterocycles. The van der Waals surface area contributed by atoms with Gasteiger partial charge in [-0.3, -0.25) is 14.4 Å². The molecular formula is C59H67F6N5O9. The van der Waals surface area contributed by atoms with Crippen molar-refractivity contribution in [1.82, 2.24) is 15.5 Å². The van der Waals surface area contributed by atoms with E-state index < -0.39 is 69.5 Å². The van der Waals surface area contributed by atoms with E-state index in [2.05, 4.69) is 10.6 Å². The molecule has 3 N–H and O–H groups in total. The van der Waals surface area contributed by atoms with Crippen molar-refractivity contribution in [2.24, 2.45) is 10.8 Å². The maximum atomic E-state index is 14.6. The monoisotopic (exact) mass is 1100 g/mol. The van der Waals surface area contributed by atoms with Crippen LogP contribution in [0, 0.1) is 10.8 Å². The molecule has 5 amide bonds. The SMILES string of the molecule is CC(C)N(C(=O)c1cc2c(cc1C(F)(F)F)CC1(CCCC1)C(=O)N2CCNC(=O)OCc1ccccc1)C1CCCCC1.O=C(NCCN1C(=O)C2(CCCC2)Cc2cc(C(F)(F)F)c(C(=O)O)cc21)OCc1ccccc1. The summed E-state index contributed by atoms with van der Waals surface area (Å²) in [5.74, 6) is -2.79. The van der Waals surface area contributed by atoms with E-state index in [-0.39, 0.29) is 87.4 Å². The van der Waals surface area contributed by atoms with Crippen LogP contribution in [-0.4, -0.2) is 84.1 Å². The van der Waals surface area contributed by atoms with Crippen LogP contribution in [0.4, 0.5) is 47.3 Å². The van der Waals surface area contributed by atoms with E-state index >= 15 is 0 Å². The summed E-state index contributed by atoms with van der Waals surface area (Å²) in [4.78, 5) is 82.0. The van der Waals surface area contributed by atoms with Crippen LogP contribution in [0.25, 0.3) is 0 Å². The van der Waals surface area contributed by atoms with Crippen LogP contribution < -0.4 is 20.4 Å². The van der Waals surface area contributed by atoms with Gasteiger partial charge in [0.2, 0.25) is 11.8 Å². The fraction of sp³-hybridized carbons (Fsp3) is 0.492. The number of fused-ring (bicyclic) bond motifs is 2. The number of anilines is 2.